The lowest BCUT2D eigenvalue weighted by Crippen LogP contribution is -2.29. The zero-order valence-electron chi connectivity index (χ0n) is 6.18. The maximum absolute atomic E-state index is 8.79. The summed E-state index contributed by atoms with van der Waals surface area (Å²) < 4.78 is 5.41. The molecule has 2 heteroatoms. The Kier molecular flexibility index (Phi) is 1.46. The van der Waals surface area contributed by atoms with Crippen LogP contribution in [0.3, 0.4) is 0 Å². The van der Waals surface area contributed by atoms with Crippen LogP contribution in [-0.2, 0) is 4.74 Å². The third-order valence-corrected chi connectivity index (χ3v) is 2.90. The Hall–Kier alpha value is -0.0800. The van der Waals surface area contributed by atoms with Crippen molar-refractivity contribution in [1.82, 2.24) is 0 Å². The molecule has 1 aliphatic heterocycles. The molecule has 2 nitrogen and oxygen atoms in total. The van der Waals surface area contributed by atoms with Gasteiger partial charge >= 0.3 is 0 Å². The van der Waals surface area contributed by atoms with Crippen LogP contribution >= 0.6 is 0 Å². The van der Waals surface area contributed by atoms with Crippen LogP contribution in [0, 0.1) is 5.41 Å². The number of ether oxygens (including phenoxy) is 1. The monoisotopic (exact) mass is 142 g/mol. The first-order chi connectivity index (χ1) is 4.85. The van der Waals surface area contributed by atoms with Gasteiger partial charge in [-0.3, -0.25) is 0 Å². The molecule has 1 atom stereocenters. The fraction of sp³-hybridized carbons (Fsp3) is 1.00. The molecule has 2 aliphatic rings. The average molecular weight is 142 g/mol. The molecule has 1 unspecified atom stereocenters. The minimum Gasteiger partial charge on any atom is -0.394 e. The van der Waals surface area contributed by atoms with E-state index in [-0.39, 0.29) is 12.7 Å². The number of aliphatic hydroxyl groups is 1. The van der Waals surface area contributed by atoms with Gasteiger partial charge in [0.15, 0.2) is 0 Å². The summed E-state index contributed by atoms with van der Waals surface area (Å²) in [5.41, 5.74) is 0.507. The van der Waals surface area contributed by atoms with Gasteiger partial charge in [-0.2, -0.15) is 0 Å². The highest BCUT2D eigenvalue weighted by atomic mass is 16.5. The van der Waals surface area contributed by atoms with E-state index >= 15 is 0 Å². The molecule has 2 rings (SSSR count). The fourth-order valence-electron chi connectivity index (χ4n) is 2.04. The molecular weight excluding hydrogens is 128 g/mol. The Labute approximate surface area is 61.2 Å². The Morgan fingerprint density at radius 1 is 1.50 bits per heavy atom. The van der Waals surface area contributed by atoms with Crippen molar-refractivity contribution < 1.29 is 9.84 Å². The first-order valence-corrected chi connectivity index (χ1v) is 4.07. The predicted octanol–water partition coefficient (Wildman–Crippen LogP) is 0.938. The molecule has 1 saturated heterocycles. The second-order valence-electron chi connectivity index (χ2n) is 3.67. The number of hydrogen-bond donors (Lipinski definition) is 1. The van der Waals surface area contributed by atoms with Crippen LogP contribution in [0.1, 0.15) is 25.7 Å². The van der Waals surface area contributed by atoms with Gasteiger partial charge in [0.2, 0.25) is 0 Å². The van der Waals surface area contributed by atoms with E-state index in [0.717, 1.165) is 13.0 Å². The van der Waals surface area contributed by atoms with Gasteiger partial charge in [-0.05, 0) is 24.7 Å². The summed E-state index contributed by atoms with van der Waals surface area (Å²) >= 11 is 0. The molecule has 1 spiro atoms. The van der Waals surface area contributed by atoms with Gasteiger partial charge in [-0.1, -0.05) is 6.42 Å². The molecule has 1 aliphatic carbocycles. The molecule has 1 heterocycles. The van der Waals surface area contributed by atoms with E-state index in [4.69, 9.17) is 9.84 Å². The zero-order valence-corrected chi connectivity index (χ0v) is 6.18. The van der Waals surface area contributed by atoms with Crippen LogP contribution in [0.5, 0.6) is 0 Å². The van der Waals surface area contributed by atoms with E-state index in [9.17, 15) is 0 Å². The third kappa shape index (κ3) is 0.867. The minimum atomic E-state index is 0.153. The lowest BCUT2D eigenvalue weighted by Gasteiger charge is -2.36. The molecule has 0 aromatic carbocycles. The molecule has 0 bridgehead atoms. The largest absolute Gasteiger partial charge is 0.394 e. The third-order valence-electron chi connectivity index (χ3n) is 2.90. The van der Waals surface area contributed by atoms with Crippen LogP contribution in [0.15, 0.2) is 0 Å². The standard InChI is InChI=1S/C8H14O2/c9-5-7-4-8(6-10-7)2-1-3-8/h7,9H,1-6H2. The highest BCUT2D eigenvalue weighted by molar-refractivity contribution is 4.93. The number of hydrogen-bond acceptors (Lipinski definition) is 2. The van der Waals surface area contributed by atoms with E-state index in [1.165, 1.54) is 19.3 Å². The first kappa shape index (κ1) is 6.62. The Bertz CT molecular complexity index is 129. The van der Waals surface area contributed by atoms with Crippen molar-refractivity contribution in [3.8, 4) is 0 Å². The topological polar surface area (TPSA) is 29.5 Å². The summed E-state index contributed by atoms with van der Waals surface area (Å²) in [7, 11) is 0. The van der Waals surface area contributed by atoms with Gasteiger partial charge in [-0.15, -0.1) is 0 Å². The summed E-state index contributed by atoms with van der Waals surface area (Å²) in [6.07, 6.45) is 5.26. The van der Waals surface area contributed by atoms with Gasteiger partial charge < -0.3 is 9.84 Å². The summed E-state index contributed by atoms with van der Waals surface area (Å²) in [5.74, 6) is 0. The SMILES string of the molecule is OCC1CC2(CCC2)CO1. The lowest BCUT2D eigenvalue weighted by molar-refractivity contribution is 0.0430. The van der Waals surface area contributed by atoms with Crippen molar-refractivity contribution in [2.45, 2.75) is 31.8 Å². The smallest absolute Gasteiger partial charge is 0.0812 e. The zero-order chi connectivity index (χ0) is 7.03. The van der Waals surface area contributed by atoms with Gasteiger partial charge in [0.25, 0.3) is 0 Å². The van der Waals surface area contributed by atoms with Gasteiger partial charge in [0, 0.05) is 0 Å². The van der Waals surface area contributed by atoms with E-state index in [0.29, 0.717) is 5.41 Å². The number of rotatable bonds is 1. The molecule has 0 aromatic rings. The maximum atomic E-state index is 8.79. The van der Waals surface area contributed by atoms with Gasteiger partial charge in [0.05, 0.1) is 19.3 Å². The van der Waals surface area contributed by atoms with Crippen LogP contribution in [0.2, 0.25) is 0 Å². The first-order valence-electron chi connectivity index (χ1n) is 4.07. The lowest BCUT2D eigenvalue weighted by atomic mass is 9.68. The fourth-order valence-corrected chi connectivity index (χ4v) is 2.04. The Morgan fingerprint density at radius 3 is 2.60 bits per heavy atom. The van der Waals surface area contributed by atoms with E-state index in [2.05, 4.69) is 0 Å². The molecule has 1 saturated carbocycles. The van der Waals surface area contributed by atoms with Crippen molar-refractivity contribution in [1.29, 1.82) is 0 Å². The summed E-state index contributed by atoms with van der Waals surface area (Å²) in [5, 5.41) is 8.79. The highest BCUT2D eigenvalue weighted by Crippen LogP contribution is 2.48. The number of aliphatic hydroxyl groups excluding tert-OH is 1. The van der Waals surface area contributed by atoms with E-state index in [1.807, 2.05) is 0 Å². The molecule has 0 radical (unpaired) electrons. The molecule has 1 N–H and O–H groups in total. The molecule has 58 valence electrons. The molecule has 0 aromatic heterocycles. The van der Waals surface area contributed by atoms with E-state index < -0.39 is 0 Å². The summed E-state index contributed by atoms with van der Waals surface area (Å²) in [6, 6.07) is 0. The normalized spacial score (nSPS) is 36.3. The summed E-state index contributed by atoms with van der Waals surface area (Å²) in [6.45, 7) is 1.11. The molecule has 2 fully saturated rings. The summed E-state index contributed by atoms with van der Waals surface area (Å²) in [4.78, 5) is 0. The van der Waals surface area contributed by atoms with Gasteiger partial charge in [-0.25, -0.2) is 0 Å². The molecule has 10 heavy (non-hydrogen) atoms. The Balaban J connectivity index is 1.92. The van der Waals surface area contributed by atoms with Crippen LogP contribution < -0.4 is 0 Å². The quantitative estimate of drug-likeness (QED) is 0.590. The van der Waals surface area contributed by atoms with Crippen molar-refractivity contribution in [2.75, 3.05) is 13.2 Å². The van der Waals surface area contributed by atoms with Crippen LogP contribution in [0.25, 0.3) is 0 Å². The highest BCUT2D eigenvalue weighted by Gasteiger charge is 2.44. The van der Waals surface area contributed by atoms with Crippen LogP contribution in [-0.4, -0.2) is 24.4 Å². The van der Waals surface area contributed by atoms with Crippen molar-refractivity contribution in [3.63, 3.8) is 0 Å². The maximum Gasteiger partial charge on any atom is 0.0812 e. The molecule has 0 amide bonds. The second kappa shape index (κ2) is 2.21. The van der Waals surface area contributed by atoms with Crippen molar-refractivity contribution in [2.24, 2.45) is 5.41 Å². The van der Waals surface area contributed by atoms with Crippen LogP contribution in [0.4, 0.5) is 0 Å². The Morgan fingerprint density at radius 2 is 2.30 bits per heavy atom. The predicted molar refractivity (Wildman–Crippen MR) is 37.7 cm³/mol. The second-order valence-corrected chi connectivity index (χ2v) is 3.67. The van der Waals surface area contributed by atoms with Crippen molar-refractivity contribution >= 4 is 0 Å². The van der Waals surface area contributed by atoms with Gasteiger partial charge in [0.1, 0.15) is 0 Å². The van der Waals surface area contributed by atoms with E-state index in [1.54, 1.807) is 0 Å². The minimum absolute atomic E-state index is 0.153. The molecular formula is C8H14O2. The average Bonchev–Trinajstić information content (AvgIpc) is 2.29. The van der Waals surface area contributed by atoms with Crippen molar-refractivity contribution in [3.05, 3.63) is 0 Å².